The Bertz CT molecular complexity index is 681. The molecular weight excluding hydrogens is 292 g/mol. The highest BCUT2D eigenvalue weighted by molar-refractivity contribution is 7.92. The van der Waals surface area contributed by atoms with Gasteiger partial charge in [0.2, 0.25) is 10.0 Å². The maximum atomic E-state index is 11.8. The number of para-hydroxylation sites is 1. The SMILES string of the molecule is CS(=O)(=O)N(CCOC(=O)c1ccc[nH]1)c1ccccc1. The number of carbonyl (C=O) groups is 1. The van der Waals surface area contributed by atoms with E-state index in [2.05, 4.69) is 4.98 Å². The molecule has 0 aliphatic heterocycles. The van der Waals surface area contributed by atoms with Crippen LogP contribution in [0.1, 0.15) is 10.5 Å². The first kappa shape index (κ1) is 15.1. The second-order valence-electron chi connectivity index (χ2n) is 4.39. The number of benzene rings is 1. The Morgan fingerprint density at radius 1 is 1.19 bits per heavy atom. The lowest BCUT2D eigenvalue weighted by molar-refractivity contribution is 0.0511. The Hall–Kier alpha value is -2.28. The summed E-state index contributed by atoms with van der Waals surface area (Å²) in [7, 11) is -3.44. The molecule has 6 nitrogen and oxygen atoms in total. The van der Waals surface area contributed by atoms with Crippen LogP contribution in [0, 0.1) is 0 Å². The van der Waals surface area contributed by atoms with Gasteiger partial charge >= 0.3 is 5.97 Å². The second kappa shape index (κ2) is 6.45. The van der Waals surface area contributed by atoms with Crippen molar-refractivity contribution in [1.29, 1.82) is 0 Å². The summed E-state index contributed by atoms with van der Waals surface area (Å²) < 4.78 is 29.9. The van der Waals surface area contributed by atoms with Crippen molar-refractivity contribution >= 4 is 21.7 Å². The van der Waals surface area contributed by atoms with Gasteiger partial charge in [-0.25, -0.2) is 13.2 Å². The summed E-state index contributed by atoms with van der Waals surface area (Å²) in [6.45, 7) is 0.0368. The van der Waals surface area contributed by atoms with Crippen molar-refractivity contribution in [2.45, 2.75) is 0 Å². The van der Waals surface area contributed by atoms with E-state index in [1.165, 1.54) is 4.31 Å². The van der Waals surface area contributed by atoms with Crippen LogP contribution in [0.25, 0.3) is 0 Å². The van der Waals surface area contributed by atoms with Crippen molar-refractivity contribution in [3.8, 4) is 0 Å². The van der Waals surface area contributed by atoms with Gasteiger partial charge in [-0.15, -0.1) is 0 Å². The summed E-state index contributed by atoms with van der Waals surface area (Å²) in [5.41, 5.74) is 0.872. The van der Waals surface area contributed by atoms with Gasteiger partial charge in [-0.1, -0.05) is 18.2 Å². The molecule has 2 rings (SSSR count). The predicted octanol–water partition coefficient (Wildman–Crippen LogP) is 1.64. The summed E-state index contributed by atoms with van der Waals surface area (Å²) in [6.07, 6.45) is 2.73. The van der Waals surface area contributed by atoms with Gasteiger partial charge in [-0.05, 0) is 24.3 Å². The first-order valence-electron chi connectivity index (χ1n) is 6.32. The zero-order valence-corrected chi connectivity index (χ0v) is 12.3. The topological polar surface area (TPSA) is 79.5 Å². The van der Waals surface area contributed by atoms with Crippen molar-refractivity contribution < 1.29 is 17.9 Å². The highest BCUT2D eigenvalue weighted by atomic mass is 32.2. The third-order valence-electron chi connectivity index (χ3n) is 2.79. The third-order valence-corrected chi connectivity index (χ3v) is 3.98. The lowest BCUT2D eigenvalue weighted by Gasteiger charge is -2.22. The molecule has 0 saturated heterocycles. The summed E-state index contributed by atoms with van der Waals surface area (Å²) in [4.78, 5) is 14.4. The van der Waals surface area contributed by atoms with E-state index >= 15 is 0 Å². The maximum absolute atomic E-state index is 11.8. The van der Waals surface area contributed by atoms with Gasteiger partial charge in [0, 0.05) is 6.20 Å². The molecule has 0 radical (unpaired) electrons. The number of hydrogen-bond donors (Lipinski definition) is 1. The zero-order chi connectivity index (χ0) is 15.3. The number of nitrogens with one attached hydrogen (secondary N) is 1. The van der Waals surface area contributed by atoms with E-state index in [0.29, 0.717) is 11.4 Å². The fraction of sp³-hybridized carbons (Fsp3) is 0.214. The van der Waals surface area contributed by atoms with Crippen molar-refractivity contribution in [2.75, 3.05) is 23.7 Å². The van der Waals surface area contributed by atoms with Crippen LogP contribution < -0.4 is 4.31 Å². The van der Waals surface area contributed by atoms with Crippen molar-refractivity contribution in [3.63, 3.8) is 0 Å². The molecule has 2 aromatic rings. The Kier molecular flexibility index (Phi) is 4.64. The molecule has 1 aromatic heterocycles. The van der Waals surface area contributed by atoms with Gasteiger partial charge in [-0.3, -0.25) is 4.31 Å². The van der Waals surface area contributed by atoms with Crippen LogP contribution >= 0.6 is 0 Å². The second-order valence-corrected chi connectivity index (χ2v) is 6.30. The Balaban J connectivity index is 2.00. The zero-order valence-electron chi connectivity index (χ0n) is 11.5. The van der Waals surface area contributed by atoms with Gasteiger partial charge in [0.05, 0.1) is 18.5 Å². The quantitative estimate of drug-likeness (QED) is 0.823. The first-order valence-corrected chi connectivity index (χ1v) is 8.16. The molecule has 0 aliphatic carbocycles. The van der Waals surface area contributed by atoms with Crippen LogP contribution in [0.4, 0.5) is 5.69 Å². The Morgan fingerprint density at radius 3 is 2.48 bits per heavy atom. The number of carbonyl (C=O) groups excluding carboxylic acids is 1. The van der Waals surface area contributed by atoms with Crippen molar-refractivity contribution in [1.82, 2.24) is 4.98 Å². The van der Waals surface area contributed by atoms with E-state index < -0.39 is 16.0 Å². The summed E-state index contributed by atoms with van der Waals surface area (Å²) in [5, 5.41) is 0. The molecule has 0 aliphatic rings. The number of aromatic amines is 1. The average Bonchev–Trinajstić information content (AvgIpc) is 2.97. The van der Waals surface area contributed by atoms with E-state index in [-0.39, 0.29) is 13.2 Å². The van der Waals surface area contributed by atoms with Crippen molar-refractivity contribution in [3.05, 3.63) is 54.4 Å². The minimum Gasteiger partial charge on any atom is -0.459 e. The molecule has 0 fully saturated rings. The van der Waals surface area contributed by atoms with E-state index in [9.17, 15) is 13.2 Å². The summed E-state index contributed by atoms with van der Waals surface area (Å²) >= 11 is 0. The molecule has 0 saturated carbocycles. The lowest BCUT2D eigenvalue weighted by atomic mass is 10.3. The normalized spacial score (nSPS) is 11.1. The van der Waals surface area contributed by atoms with E-state index in [1.807, 2.05) is 0 Å². The highest BCUT2D eigenvalue weighted by Gasteiger charge is 2.17. The molecular formula is C14H16N2O4S. The average molecular weight is 308 g/mol. The number of hydrogen-bond acceptors (Lipinski definition) is 4. The van der Waals surface area contributed by atoms with Crippen LogP contribution in [0.5, 0.6) is 0 Å². The lowest BCUT2D eigenvalue weighted by Crippen LogP contribution is -2.33. The molecule has 21 heavy (non-hydrogen) atoms. The molecule has 1 heterocycles. The molecule has 112 valence electrons. The molecule has 0 unspecified atom stereocenters. The van der Waals surface area contributed by atoms with Gasteiger partial charge in [0.1, 0.15) is 12.3 Å². The van der Waals surface area contributed by atoms with Crippen LogP contribution in [-0.4, -0.2) is 38.8 Å². The maximum Gasteiger partial charge on any atom is 0.354 e. The first-order chi connectivity index (χ1) is 9.98. The number of esters is 1. The largest absolute Gasteiger partial charge is 0.459 e. The van der Waals surface area contributed by atoms with Gasteiger partial charge in [-0.2, -0.15) is 0 Å². The van der Waals surface area contributed by atoms with Gasteiger partial charge in [0.25, 0.3) is 0 Å². The van der Waals surface area contributed by atoms with Crippen LogP contribution in [0.3, 0.4) is 0 Å². The summed E-state index contributed by atoms with van der Waals surface area (Å²) in [6, 6.07) is 11.9. The number of ether oxygens (including phenoxy) is 1. The smallest absolute Gasteiger partial charge is 0.354 e. The van der Waals surface area contributed by atoms with E-state index in [4.69, 9.17) is 4.74 Å². The monoisotopic (exact) mass is 308 g/mol. The number of H-pyrrole nitrogens is 1. The predicted molar refractivity (Wildman–Crippen MR) is 79.7 cm³/mol. The number of aromatic nitrogens is 1. The Labute approximate surface area is 123 Å². The number of nitrogens with zero attached hydrogens (tertiary/aromatic N) is 1. The number of anilines is 1. The molecule has 0 bridgehead atoms. The fourth-order valence-corrected chi connectivity index (χ4v) is 2.75. The summed E-state index contributed by atoms with van der Waals surface area (Å²) in [5.74, 6) is -0.512. The number of sulfonamides is 1. The third kappa shape index (κ3) is 4.09. The molecule has 0 spiro atoms. The standard InChI is InChI=1S/C14H16N2O4S/c1-21(18,19)16(12-6-3-2-4-7-12)10-11-20-14(17)13-8-5-9-15-13/h2-9,15H,10-11H2,1H3. The van der Waals surface area contributed by atoms with Crippen molar-refractivity contribution in [2.24, 2.45) is 0 Å². The minimum atomic E-state index is -3.44. The molecule has 7 heteroatoms. The molecule has 1 aromatic carbocycles. The van der Waals surface area contributed by atoms with Crippen LogP contribution in [0.2, 0.25) is 0 Å². The van der Waals surface area contributed by atoms with Crippen LogP contribution in [-0.2, 0) is 14.8 Å². The molecule has 0 atom stereocenters. The minimum absolute atomic E-state index is 0.0280. The van der Waals surface area contributed by atoms with E-state index in [1.54, 1.807) is 48.7 Å². The fourth-order valence-electron chi connectivity index (χ4n) is 1.84. The number of rotatable bonds is 6. The van der Waals surface area contributed by atoms with E-state index in [0.717, 1.165) is 6.26 Å². The van der Waals surface area contributed by atoms with Gasteiger partial charge < -0.3 is 9.72 Å². The Morgan fingerprint density at radius 2 is 1.90 bits per heavy atom. The van der Waals surface area contributed by atoms with Gasteiger partial charge in [0.15, 0.2) is 0 Å². The molecule has 1 N–H and O–H groups in total. The highest BCUT2D eigenvalue weighted by Crippen LogP contribution is 2.16. The van der Waals surface area contributed by atoms with Crippen LogP contribution in [0.15, 0.2) is 48.7 Å². The molecule has 0 amide bonds.